The summed E-state index contributed by atoms with van der Waals surface area (Å²) in [6.07, 6.45) is 1.22. The third-order valence-corrected chi connectivity index (χ3v) is 5.74. The summed E-state index contributed by atoms with van der Waals surface area (Å²) in [5.74, 6) is 0.264. The Morgan fingerprint density at radius 2 is 2.05 bits per heavy atom. The van der Waals surface area contributed by atoms with Crippen molar-refractivity contribution in [3.05, 3.63) is 23.2 Å². The van der Waals surface area contributed by atoms with Crippen LogP contribution in [0.4, 0.5) is 5.95 Å². The number of benzene rings is 1. The van der Waals surface area contributed by atoms with Crippen LogP contribution in [0.2, 0.25) is 5.02 Å². The fourth-order valence-corrected chi connectivity index (χ4v) is 2.37. The zero-order valence-electron chi connectivity index (χ0n) is 11.0. The lowest BCUT2D eigenvalue weighted by Crippen LogP contribution is -2.36. The van der Waals surface area contributed by atoms with Crippen LogP contribution in [0.5, 0.6) is 0 Å². The minimum absolute atomic E-state index is 0.231. The van der Waals surface area contributed by atoms with Gasteiger partial charge in [0.25, 0.3) is 0 Å². The molecule has 0 saturated carbocycles. The number of rotatable bonds is 3. The minimum Gasteiger partial charge on any atom is -0.369 e. The second kappa shape index (κ2) is 4.38. The molecule has 2 N–H and O–H groups in total. The molecule has 0 saturated heterocycles. The smallest absolute Gasteiger partial charge is 0.201 e. The van der Waals surface area contributed by atoms with Gasteiger partial charge >= 0.3 is 0 Å². The number of hydrogen-bond acceptors (Lipinski definition) is 4. The van der Waals surface area contributed by atoms with E-state index >= 15 is 0 Å². The molecule has 19 heavy (non-hydrogen) atoms. The van der Waals surface area contributed by atoms with Gasteiger partial charge in [-0.25, -0.2) is 13.4 Å². The van der Waals surface area contributed by atoms with Gasteiger partial charge in [0, 0.05) is 12.8 Å². The number of para-hydroxylation sites is 1. The third kappa shape index (κ3) is 2.42. The summed E-state index contributed by atoms with van der Waals surface area (Å²) in [5.41, 5.74) is 7.20. The van der Waals surface area contributed by atoms with E-state index < -0.39 is 14.6 Å². The summed E-state index contributed by atoms with van der Waals surface area (Å²) in [5, 5.41) is 0.500. The lowest BCUT2D eigenvalue weighted by atomic mass is 10.2. The van der Waals surface area contributed by atoms with Crippen LogP contribution in [-0.4, -0.2) is 29.0 Å². The van der Waals surface area contributed by atoms with Gasteiger partial charge in [-0.3, -0.25) is 0 Å². The van der Waals surface area contributed by atoms with E-state index in [1.54, 1.807) is 30.5 Å². The number of anilines is 1. The first-order valence-corrected chi connectivity index (χ1v) is 8.00. The van der Waals surface area contributed by atoms with Gasteiger partial charge in [0.15, 0.2) is 9.84 Å². The molecule has 2 rings (SSSR count). The number of imidazole rings is 1. The van der Waals surface area contributed by atoms with Crippen molar-refractivity contribution in [2.24, 2.45) is 0 Å². The van der Waals surface area contributed by atoms with Gasteiger partial charge < -0.3 is 10.3 Å². The standard InChI is InChI=1S/C12H16ClN3O2S/c1-12(2,19(3,17)18)7-16-9-6-4-5-8(13)10(9)15-11(16)14/h4-6H,7H2,1-3H3,(H2,14,15). The van der Waals surface area contributed by atoms with Crippen molar-refractivity contribution in [3.8, 4) is 0 Å². The van der Waals surface area contributed by atoms with Crippen LogP contribution in [-0.2, 0) is 16.4 Å². The van der Waals surface area contributed by atoms with Crippen molar-refractivity contribution in [3.63, 3.8) is 0 Å². The summed E-state index contributed by atoms with van der Waals surface area (Å²) in [6.45, 7) is 3.56. The number of nitrogen functional groups attached to an aromatic ring is 1. The third-order valence-electron chi connectivity index (χ3n) is 3.30. The van der Waals surface area contributed by atoms with Crippen LogP contribution < -0.4 is 5.73 Å². The van der Waals surface area contributed by atoms with E-state index in [1.807, 2.05) is 6.07 Å². The van der Waals surface area contributed by atoms with E-state index in [2.05, 4.69) is 4.98 Å². The van der Waals surface area contributed by atoms with Gasteiger partial charge in [-0.1, -0.05) is 17.7 Å². The quantitative estimate of drug-likeness (QED) is 0.941. The first kappa shape index (κ1) is 14.1. The maximum Gasteiger partial charge on any atom is 0.201 e. The zero-order valence-corrected chi connectivity index (χ0v) is 12.6. The number of nitrogens with two attached hydrogens (primary N) is 1. The Balaban J connectivity index is 2.59. The monoisotopic (exact) mass is 301 g/mol. The Labute approximate surface area is 117 Å². The first-order chi connectivity index (χ1) is 8.63. The van der Waals surface area contributed by atoms with E-state index in [-0.39, 0.29) is 12.5 Å². The van der Waals surface area contributed by atoms with Gasteiger partial charge in [-0.2, -0.15) is 0 Å². The summed E-state index contributed by atoms with van der Waals surface area (Å²) < 4.78 is 24.3. The molecule has 0 spiro atoms. The fourth-order valence-electron chi connectivity index (χ4n) is 1.79. The van der Waals surface area contributed by atoms with Crippen molar-refractivity contribution in [1.29, 1.82) is 0 Å². The lowest BCUT2D eigenvalue weighted by molar-refractivity contribution is 0.511. The van der Waals surface area contributed by atoms with Crippen LogP contribution in [0, 0.1) is 0 Å². The van der Waals surface area contributed by atoms with Gasteiger partial charge in [-0.05, 0) is 26.0 Å². The molecule has 1 aromatic carbocycles. The molecular formula is C12H16ClN3O2S. The average Bonchev–Trinajstić information content (AvgIpc) is 2.56. The molecule has 5 nitrogen and oxygen atoms in total. The molecule has 1 aromatic heterocycles. The Morgan fingerprint density at radius 3 is 2.63 bits per heavy atom. The Hall–Kier alpha value is -1.27. The summed E-state index contributed by atoms with van der Waals surface area (Å²) >= 11 is 6.05. The van der Waals surface area contributed by atoms with Crippen molar-refractivity contribution in [2.75, 3.05) is 12.0 Å². The van der Waals surface area contributed by atoms with Crippen molar-refractivity contribution in [1.82, 2.24) is 9.55 Å². The Kier molecular flexibility index (Phi) is 3.26. The molecule has 0 aliphatic rings. The topological polar surface area (TPSA) is 78.0 Å². The number of halogens is 1. The number of nitrogens with zero attached hydrogens (tertiary/aromatic N) is 2. The van der Waals surface area contributed by atoms with Gasteiger partial charge in [-0.15, -0.1) is 0 Å². The molecule has 1 heterocycles. The normalized spacial score (nSPS) is 13.1. The fraction of sp³-hybridized carbons (Fsp3) is 0.417. The predicted molar refractivity (Wildman–Crippen MR) is 78.1 cm³/mol. The van der Waals surface area contributed by atoms with Crippen LogP contribution >= 0.6 is 11.6 Å². The number of hydrogen-bond donors (Lipinski definition) is 1. The van der Waals surface area contributed by atoms with Gasteiger partial charge in [0.1, 0.15) is 5.52 Å². The SMILES string of the molecule is CC(C)(Cn1c(N)nc2c(Cl)cccc21)S(C)(=O)=O. The highest BCUT2D eigenvalue weighted by atomic mass is 35.5. The second-order valence-corrected chi connectivity index (χ2v) is 8.25. The molecule has 0 aliphatic heterocycles. The molecule has 0 radical (unpaired) electrons. The zero-order chi connectivity index (χ0) is 14.4. The molecule has 2 aromatic rings. The molecule has 0 aliphatic carbocycles. The maximum absolute atomic E-state index is 11.8. The van der Waals surface area contributed by atoms with Crippen LogP contribution in [0.25, 0.3) is 11.0 Å². The Bertz CT molecular complexity index is 735. The summed E-state index contributed by atoms with van der Waals surface area (Å²) in [4.78, 5) is 4.19. The van der Waals surface area contributed by atoms with E-state index in [4.69, 9.17) is 17.3 Å². The Morgan fingerprint density at radius 1 is 1.42 bits per heavy atom. The minimum atomic E-state index is -3.21. The summed E-state index contributed by atoms with van der Waals surface area (Å²) in [7, 11) is -3.21. The number of sulfone groups is 1. The molecule has 0 fully saturated rings. The van der Waals surface area contributed by atoms with Gasteiger partial charge in [0.2, 0.25) is 5.95 Å². The highest BCUT2D eigenvalue weighted by molar-refractivity contribution is 7.92. The van der Waals surface area contributed by atoms with Crippen molar-refractivity contribution < 1.29 is 8.42 Å². The summed E-state index contributed by atoms with van der Waals surface area (Å²) in [6, 6.07) is 5.33. The van der Waals surface area contributed by atoms with Crippen molar-refractivity contribution in [2.45, 2.75) is 25.1 Å². The number of fused-ring (bicyclic) bond motifs is 1. The second-order valence-electron chi connectivity index (χ2n) is 5.20. The van der Waals surface area contributed by atoms with E-state index in [0.29, 0.717) is 10.5 Å². The van der Waals surface area contributed by atoms with Crippen molar-refractivity contribution >= 4 is 38.4 Å². The maximum atomic E-state index is 11.8. The average molecular weight is 302 g/mol. The van der Waals surface area contributed by atoms with E-state index in [1.165, 1.54) is 6.26 Å². The van der Waals surface area contributed by atoms with Crippen LogP contribution in [0.1, 0.15) is 13.8 Å². The molecule has 104 valence electrons. The van der Waals surface area contributed by atoms with Gasteiger partial charge in [0.05, 0.1) is 15.3 Å². The molecular weight excluding hydrogens is 286 g/mol. The number of aromatic nitrogens is 2. The first-order valence-electron chi connectivity index (χ1n) is 5.73. The highest BCUT2D eigenvalue weighted by Crippen LogP contribution is 2.28. The largest absolute Gasteiger partial charge is 0.369 e. The molecule has 0 atom stereocenters. The lowest BCUT2D eigenvalue weighted by Gasteiger charge is -2.23. The highest BCUT2D eigenvalue weighted by Gasteiger charge is 2.32. The van der Waals surface area contributed by atoms with Crippen LogP contribution in [0.15, 0.2) is 18.2 Å². The predicted octanol–water partition coefficient (Wildman–Crippen LogP) is 2.10. The van der Waals surface area contributed by atoms with Crippen LogP contribution in [0.3, 0.4) is 0 Å². The van der Waals surface area contributed by atoms with E-state index in [0.717, 1.165) is 5.52 Å². The van der Waals surface area contributed by atoms with E-state index in [9.17, 15) is 8.42 Å². The molecule has 7 heteroatoms. The molecule has 0 bridgehead atoms. The molecule has 0 amide bonds. The molecule has 0 unspecified atom stereocenters.